The summed E-state index contributed by atoms with van der Waals surface area (Å²) in [5, 5.41) is 0. The molecule has 0 unspecified atom stereocenters. The molecule has 0 aromatic heterocycles. The number of ketones is 1. The molecule has 158 valence electrons. The summed E-state index contributed by atoms with van der Waals surface area (Å²) >= 11 is 0. The molecule has 1 amide bonds. The first kappa shape index (κ1) is 21.7. The zero-order valence-corrected chi connectivity index (χ0v) is 17.3. The molecule has 0 atom stereocenters. The second-order valence-electron chi connectivity index (χ2n) is 6.86. The maximum atomic E-state index is 12.7. The predicted octanol–water partition coefficient (Wildman–Crippen LogP) is 1.18. The Morgan fingerprint density at radius 3 is 2.03 bits per heavy atom. The van der Waals surface area contributed by atoms with Gasteiger partial charge in [-0.2, -0.15) is 4.31 Å². The second kappa shape index (κ2) is 9.19. The number of carbonyl (C=O) groups excluding carboxylic acids is 3. The molecule has 0 saturated carbocycles. The maximum absolute atomic E-state index is 12.7. The Morgan fingerprint density at radius 2 is 1.43 bits per heavy atom. The molecule has 0 aliphatic carbocycles. The van der Waals surface area contributed by atoms with Crippen molar-refractivity contribution < 1.29 is 27.5 Å². The second-order valence-corrected chi connectivity index (χ2v) is 8.84. The van der Waals surface area contributed by atoms with E-state index in [4.69, 9.17) is 4.74 Å². The summed E-state index contributed by atoms with van der Waals surface area (Å²) in [4.78, 5) is 39.1. The van der Waals surface area contributed by atoms with E-state index in [9.17, 15) is 22.8 Å². The molecule has 8 nitrogen and oxygen atoms in total. The van der Waals surface area contributed by atoms with E-state index in [1.165, 1.54) is 21.3 Å². The third kappa shape index (κ3) is 5.11. The summed E-state index contributed by atoms with van der Waals surface area (Å²) in [7, 11) is -3.29. The van der Waals surface area contributed by atoms with Crippen molar-refractivity contribution in [3.05, 3.63) is 71.3 Å². The van der Waals surface area contributed by atoms with E-state index in [0.717, 1.165) is 6.26 Å². The van der Waals surface area contributed by atoms with Crippen LogP contribution in [-0.2, 0) is 19.6 Å². The number of esters is 1. The van der Waals surface area contributed by atoms with E-state index in [1.807, 2.05) is 0 Å². The average Bonchev–Trinajstić information content (AvgIpc) is 2.76. The fourth-order valence-corrected chi connectivity index (χ4v) is 4.00. The minimum atomic E-state index is -3.29. The molecule has 3 rings (SSSR count). The summed E-state index contributed by atoms with van der Waals surface area (Å²) < 4.78 is 29.5. The highest BCUT2D eigenvalue weighted by Crippen LogP contribution is 2.16. The van der Waals surface area contributed by atoms with E-state index in [-0.39, 0.29) is 43.1 Å². The monoisotopic (exact) mass is 430 g/mol. The molecular weight excluding hydrogens is 408 g/mol. The summed E-state index contributed by atoms with van der Waals surface area (Å²) in [6, 6.07) is 14.9. The lowest BCUT2D eigenvalue weighted by Gasteiger charge is -2.33. The predicted molar refractivity (Wildman–Crippen MR) is 110 cm³/mol. The third-order valence-electron chi connectivity index (χ3n) is 4.81. The zero-order valence-electron chi connectivity index (χ0n) is 16.5. The van der Waals surface area contributed by atoms with Crippen LogP contribution in [0.1, 0.15) is 26.3 Å². The molecule has 1 heterocycles. The van der Waals surface area contributed by atoms with Crippen molar-refractivity contribution in [1.29, 1.82) is 0 Å². The average molecular weight is 430 g/mol. The summed E-state index contributed by atoms with van der Waals surface area (Å²) in [6.07, 6.45) is 1.13. The zero-order chi connectivity index (χ0) is 21.7. The summed E-state index contributed by atoms with van der Waals surface area (Å²) in [5.41, 5.74) is 0.724. The van der Waals surface area contributed by atoms with Crippen LogP contribution in [0.4, 0.5) is 0 Å². The van der Waals surface area contributed by atoms with Crippen LogP contribution in [0.25, 0.3) is 0 Å². The number of carbonyl (C=O) groups is 3. The number of piperazine rings is 1. The van der Waals surface area contributed by atoms with Gasteiger partial charge in [-0.05, 0) is 6.07 Å². The van der Waals surface area contributed by atoms with Crippen LogP contribution in [0.5, 0.6) is 0 Å². The lowest BCUT2D eigenvalue weighted by Crippen LogP contribution is -2.51. The normalized spacial score (nSPS) is 14.9. The van der Waals surface area contributed by atoms with Crippen LogP contribution >= 0.6 is 0 Å². The molecule has 1 aliphatic rings. The number of rotatable bonds is 6. The van der Waals surface area contributed by atoms with Gasteiger partial charge < -0.3 is 9.64 Å². The van der Waals surface area contributed by atoms with Crippen molar-refractivity contribution in [3.8, 4) is 0 Å². The third-order valence-corrected chi connectivity index (χ3v) is 6.12. The number of ether oxygens (including phenoxy) is 1. The standard InChI is InChI=1S/C21H22N2O6S/c1-30(27,28)23-13-11-22(12-14-23)19(24)15-29-21(26)18-10-6-5-9-17(18)20(25)16-7-3-2-4-8-16/h2-10H,11-15H2,1H3. The van der Waals surface area contributed by atoms with Gasteiger partial charge in [0, 0.05) is 37.3 Å². The first-order valence-corrected chi connectivity index (χ1v) is 11.2. The molecule has 0 N–H and O–H groups in total. The van der Waals surface area contributed by atoms with Crippen molar-refractivity contribution in [2.45, 2.75) is 0 Å². The molecule has 0 bridgehead atoms. The molecular formula is C21H22N2O6S. The van der Waals surface area contributed by atoms with E-state index >= 15 is 0 Å². The maximum Gasteiger partial charge on any atom is 0.339 e. The Bertz CT molecular complexity index is 1040. The topological polar surface area (TPSA) is 101 Å². The summed E-state index contributed by atoms with van der Waals surface area (Å²) in [5.74, 6) is -1.49. The van der Waals surface area contributed by atoms with Crippen molar-refractivity contribution in [2.75, 3.05) is 39.0 Å². The van der Waals surface area contributed by atoms with Gasteiger partial charge in [-0.1, -0.05) is 48.5 Å². The van der Waals surface area contributed by atoms with Crippen LogP contribution in [0.3, 0.4) is 0 Å². The molecule has 30 heavy (non-hydrogen) atoms. The number of hydrogen-bond acceptors (Lipinski definition) is 6. The Labute approximate surface area is 175 Å². The Kier molecular flexibility index (Phi) is 6.63. The largest absolute Gasteiger partial charge is 0.452 e. The number of benzene rings is 2. The number of hydrogen-bond donors (Lipinski definition) is 0. The highest BCUT2D eigenvalue weighted by atomic mass is 32.2. The van der Waals surface area contributed by atoms with Gasteiger partial charge >= 0.3 is 5.97 Å². The highest BCUT2D eigenvalue weighted by molar-refractivity contribution is 7.88. The summed E-state index contributed by atoms with van der Waals surface area (Å²) in [6.45, 7) is 0.379. The SMILES string of the molecule is CS(=O)(=O)N1CCN(C(=O)COC(=O)c2ccccc2C(=O)c2ccccc2)CC1. The number of nitrogens with zero attached hydrogens (tertiary/aromatic N) is 2. The molecule has 1 saturated heterocycles. The van der Waals surface area contributed by atoms with E-state index in [2.05, 4.69) is 0 Å². The van der Waals surface area contributed by atoms with Crippen LogP contribution in [0, 0.1) is 0 Å². The van der Waals surface area contributed by atoms with Gasteiger partial charge in [0.25, 0.3) is 5.91 Å². The van der Waals surface area contributed by atoms with Crippen LogP contribution in [0.15, 0.2) is 54.6 Å². The van der Waals surface area contributed by atoms with Crippen molar-refractivity contribution in [2.24, 2.45) is 0 Å². The van der Waals surface area contributed by atoms with Crippen LogP contribution in [-0.4, -0.2) is 74.3 Å². The van der Waals surface area contributed by atoms with Gasteiger partial charge in [-0.3, -0.25) is 9.59 Å². The molecule has 0 radical (unpaired) electrons. The van der Waals surface area contributed by atoms with Gasteiger partial charge in [0.05, 0.1) is 11.8 Å². The minimum absolute atomic E-state index is 0.0843. The Balaban J connectivity index is 1.62. The van der Waals surface area contributed by atoms with Gasteiger partial charge in [0.2, 0.25) is 10.0 Å². The Morgan fingerprint density at radius 1 is 0.867 bits per heavy atom. The quantitative estimate of drug-likeness (QED) is 0.504. The molecule has 0 spiro atoms. The molecule has 1 aliphatic heterocycles. The first-order valence-electron chi connectivity index (χ1n) is 9.36. The Hall–Kier alpha value is -3.04. The van der Waals surface area contributed by atoms with Gasteiger partial charge in [-0.25, -0.2) is 13.2 Å². The fourth-order valence-electron chi connectivity index (χ4n) is 3.17. The van der Waals surface area contributed by atoms with Crippen molar-refractivity contribution in [3.63, 3.8) is 0 Å². The fraction of sp³-hybridized carbons (Fsp3) is 0.286. The lowest BCUT2D eigenvalue weighted by atomic mass is 9.98. The van der Waals surface area contributed by atoms with Gasteiger partial charge in [-0.15, -0.1) is 0 Å². The first-order chi connectivity index (χ1) is 14.3. The highest BCUT2D eigenvalue weighted by Gasteiger charge is 2.27. The number of sulfonamides is 1. The van der Waals surface area contributed by atoms with Crippen LogP contribution < -0.4 is 0 Å². The van der Waals surface area contributed by atoms with E-state index in [1.54, 1.807) is 42.5 Å². The van der Waals surface area contributed by atoms with E-state index < -0.39 is 28.5 Å². The number of amides is 1. The van der Waals surface area contributed by atoms with Gasteiger partial charge in [0.1, 0.15) is 0 Å². The molecule has 9 heteroatoms. The smallest absolute Gasteiger partial charge is 0.339 e. The van der Waals surface area contributed by atoms with Gasteiger partial charge in [0.15, 0.2) is 12.4 Å². The molecule has 2 aromatic rings. The molecule has 2 aromatic carbocycles. The van der Waals surface area contributed by atoms with Crippen molar-refractivity contribution >= 4 is 27.7 Å². The van der Waals surface area contributed by atoms with Crippen molar-refractivity contribution in [1.82, 2.24) is 9.21 Å². The lowest BCUT2D eigenvalue weighted by molar-refractivity contribution is -0.135. The van der Waals surface area contributed by atoms with E-state index in [0.29, 0.717) is 5.56 Å². The van der Waals surface area contributed by atoms with Crippen LogP contribution in [0.2, 0.25) is 0 Å². The minimum Gasteiger partial charge on any atom is -0.452 e. The molecule has 1 fully saturated rings.